The van der Waals surface area contributed by atoms with Crippen molar-refractivity contribution in [2.75, 3.05) is 18.9 Å². The maximum Gasteiger partial charge on any atom is 0.270 e. The van der Waals surface area contributed by atoms with Crippen molar-refractivity contribution in [2.45, 2.75) is 26.2 Å². The Kier molecular flexibility index (Phi) is 4.77. The Bertz CT molecular complexity index is 545. The molecule has 0 aliphatic heterocycles. The van der Waals surface area contributed by atoms with Gasteiger partial charge >= 0.3 is 0 Å². The van der Waals surface area contributed by atoms with Crippen molar-refractivity contribution >= 4 is 17.3 Å². The fourth-order valence-corrected chi connectivity index (χ4v) is 2.90. The van der Waals surface area contributed by atoms with Crippen LogP contribution in [0.5, 0.6) is 0 Å². The van der Waals surface area contributed by atoms with E-state index in [9.17, 15) is 14.9 Å². The largest absolute Gasteiger partial charge is 0.387 e. The van der Waals surface area contributed by atoms with E-state index in [1.807, 2.05) is 0 Å². The van der Waals surface area contributed by atoms with Gasteiger partial charge in [0.1, 0.15) is 0 Å². The van der Waals surface area contributed by atoms with E-state index < -0.39 is 4.92 Å². The molecule has 0 spiro atoms. The van der Waals surface area contributed by atoms with Gasteiger partial charge in [-0.05, 0) is 24.3 Å². The van der Waals surface area contributed by atoms with Crippen LogP contribution in [0.25, 0.3) is 0 Å². The standard InChI is InChI=1S/C15H21N3O3/c1-10-4-3-5-11(10)9-17-15(19)13-8-12(18(20)21)6-7-14(13)16-2/h6-8,10-11,16H,3-5,9H2,1-2H3,(H,17,19). The predicted octanol–water partition coefficient (Wildman–Crippen LogP) is 2.80. The van der Waals surface area contributed by atoms with Crippen molar-refractivity contribution in [1.82, 2.24) is 5.32 Å². The molecule has 21 heavy (non-hydrogen) atoms. The van der Waals surface area contributed by atoms with E-state index in [4.69, 9.17) is 0 Å². The molecule has 6 heteroatoms. The van der Waals surface area contributed by atoms with Crippen LogP contribution >= 0.6 is 0 Å². The molecule has 2 N–H and O–H groups in total. The smallest absolute Gasteiger partial charge is 0.270 e. The van der Waals surface area contributed by atoms with E-state index in [1.165, 1.54) is 25.0 Å². The first kappa shape index (κ1) is 15.3. The number of non-ortho nitro benzene ring substituents is 1. The number of nitro groups is 1. The Hall–Kier alpha value is -2.11. The molecule has 1 aromatic carbocycles. The van der Waals surface area contributed by atoms with Gasteiger partial charge in [-0.2, -0.15) is 0 Å². The molecule has 114 valence electrons. The van der Waals surface area contributed by atoms with Gasteiger partial charge in [0.15, 0.2) is 0 Å². The van der Waals surface area contributed by atoms with Crippen LogP contribution in [-0.2, 0) is 0 Å². The molecular formula is C15H21N3O3. The number of hydrogen-bond donors (Lipinski definition) is 2. The Morgan fingerprint density at radius 1 is 1.43 bits per heavy atom. The highest BCUT2D eigenvalue weighted by Gasteiger charge is 2.24. The second-order valence-corrected chi connectivity index (χ2v) is 5.62. The molecule has 1 aromatic rings. The van der Waals surface area contributed by atoms with Gasteiger partial charge in [-0.25, -0.2) is 0 Å². The Morgan fingerprint density at radius 2 is 2.19 bits per heavy atom. The molecule has 6 nitrogen and oxygen atoms in total. The highest BCUT2D eigenvalue weighted by Crippen LogP contribution is 2.30. The Balaban J connectivity index is 2.10. The van der Waals surface area contributed by atoms with Crippen LogP contribution in [0.1, 0.15) is 36.5 Å². The van der Waals surface area contributed by atoms with E-state index >= 15 is 0 Å². The third-order valence-electron chi connectivity index (χ3n) is 4.29. The quantitative estimate of drug-likeness (QED) is 0.645. The molecule has 2 rings (SSSR count). The zero-order chi connectivity index (χ0) is 15.4. The summed E-state index contributed by atoms with van der Waals surface area (Å²) in [6.07, 6.45) is 3.55. The normalized spacial score (nSPS) is 21.0. The molecule has 0 saturated heterocycles. The first-order chi connectivity index (χ1) is 10.0. The van der Waals surface area contributed by atoms with Crippen molar-refractivity contribution in [1.29, 1.82) is 0 Å². The van der Waals surface area contributed by atoms with Crippen LogP contribution in [0.2, 0.25) is 0 Å². The lowest BCUT2D eigenvalue weighted by Crippen LogP contribution is -2.30. The molecular weight excluding hydrogens is 270 g/mol. The molecule has 1 amide bonds. The van der Waals surface area contributed by atoms with E-state index in [0.29, 0.717) is 29.6 Å². The molecule has 0 bridgehead atoms. The van der Waals surface area contributed by atoms with Crippen LogP contribution in [0.15, 0.2) is 18.2 Å². The lowest BCUT2D eigenvalue weighted by Gasteiger charge is -2.16. The van der Waals surface area contributed by atoms with Gasteiger partial charge < -0.3 is 10.6 Å². The molecule has 2 unspecified atom stereocenters. The number of rotatable bonds is 5. The molecule has 1 aliphatic carbocycles. The zero-order valence-electron chi connectivity index (χ0n) is 12.4. The molecule has 1 saturated carbocycles. The van der Waals surface area contributed by atoms with Crippen molar-refractivity contribution in [3.8, 4) is 0 Å². The van der Waals surface area contributed by atoms with Gasteiger partial charge in [-0.15, -0.1) is 0 Å². The zero-order valence-corrected chi connectivity index (χ0v) is 12.4. The van der Waals surface area contributed by atoms with Crippen LogP contribution in [-0.4, -0.2) is 24.4 Å². The summed E-state index contributed by atoms with van der Waals surface area (Å²) in [5, 5.41) is 16.6. The first-order valence-electron chi connectivity index (χ1n) is 7.27. The first-order valence-corrected chi connectivity index (χ1v) is 7.27. The summed E-state index contributed by atoms with van der Waals surface area (Å²) in [6.45, 7) is 2.84. The summed E-state index contributed by atoms with van der Waals surface area (Å²) in [7, 11) is 1.69. The van der Waals surface area contributed by atoms with Crippen molar-refractivity contribution in [3.05, 3.63) is 33.9 Å². The van der Waals surface area contributed by atoms with Gasteiger partial charge in [0.25, 0.3) is 11.6 Å². The summed E-state index contributed by atoms with van der Waals surface area (Å²) in [6, 6.07) is 4.27. The maximum absolute atomic E-state index is 12.3. The number of nitro benzene ring substituents is 1. The van der Waals surface area contributed by atoms with Gasteiger partial charge in [0.2, 0.25) is 0 Å². The summed E-state index contributed by atoms with van der Waals surface area (Å²) in [5.74, 6) is 0.868. The lowest BCUT2D eigenvalue weighted by atomic mass is 9.98. The number of nitrogens with zero attached hydrogens (tertiary/aromatic N) is 1. The number of nitrogens with one attached hydrogen (secondary N) is 2. The second kappa shape index (κ2) is 6.56. The summed E-state index contributed by atoms with van der Waals surface area (Å²) >= 11 is 0. The Labute approximate surface area is 124 Å². The van der Waals surface area contributed by atoms with Gasteiger partial charge in [-0.3, -0.25) is 14.9 Å². The number of carbonyl (C=O) groups excluding carboxylic acids is 1. The van der Waals surface area contributed by atoms with Crippen LogP contribution in [0.4, 0.5) is 11.4 Å². The molecule has 1 fully saturated rings. The maximum atomic E-state index is 12.3. The minimum Gasteiger partial charge on any atom is -0.387 e. The van der Waals surface area contributed by atoms with E-state index in [0.717, 1.165) is 6.42 Å². The monoisotopic (exact) mass is 291 g/mol. The average Bonchev–Trinajstić information content (AvgIpc) is 2.89. The van der Waals surface area contributed by atoms with E-state index in [2.05, 4.69) is 17.6 Å². The molecule has 0 heterocycles. The summed E-state index contributed by atoms with van der Waals surface area (Å²) in [4.78, 5) is 22.6. The third-order valence-corrected chi connectivity index (χ3v) is 4.29. The van der Waals surface area contributed by atoms with Crippen LogP contribution in [0, 0.1) is 22.0 Å². The second-order valence-electron chi connectivity index (χ2n) is 5.62. The SMILES string of the molecule is CNc1ccc([N+](=O)[O-])cc1C(=O)NCC1CCCC1C. The van der Waals surface area contributed by atoms with E-state index in [1.54, 1.807) is 13.1 Å². The number of carbonyl (C=O) groups is 1. The van der Waals surface area contributed by atoms with Gasteiger partial charge in [0, 0.05) is 31.4 Å². The Morgan fingerprint density at radius 3 is 2.76 bits per heavy atom. The van der Waals surface area contributed by atoms with E-state index in [-0.39, 0.29) is 11.6 Å². The fourth-order valence-electron chi connectivity index (χ4n) is 2.90. The van der Waals surface area contributed by atoms with Crippen molar-refractivity contribution < 1.29 is 9.72 Å². The van der Waals surface area contributed by atoms with Crippen LogP contribution in [0.3, 0.4) is 0 Å². The molecule has 0 radical (unpaired) electrons. The van der Waals surface area contributed by atoms with Crippen LogP contribution < -0.4 is 10.6 Å². The highest BCUT2D eigenvalue weighted by molar-refractivity contribution is 6.00. The van der Waals surface area contributed by atoms with Gasteiger partial charge in [0.05, 0.1) is 10.5 Å². The minimum absolute atomic E-state index is 0.0756. The average molecular weight is 291 g/mol. The van der Waals surface area contributed by atoms with Gasteiger partial charge in [-0.1, -0.05) is 19.8 Å². The summed E-state index contributed by atoms with van der Waals surface area (Å²) < 4.78 is 0. The highest BCUT2D eigenvalue weighted by atomic mass is 16.6. The summed E-state index contributed by atoms with van der Waals surface area (Å²) in [5.41, 5.74) is 0.836. The molecule has 2 atom stereocenters. The van der Waals surface area contributed by atoms with Crippen molar-refractivity contribution in [3.63, 3.8) is 0 Å². The number of anilines is 1. The third kappa shape index (κ3) is 3.51. The number of hydrogen-bond acceptors (Lipinski definition) is 4. The predicted molar refractivity (Wildman–Crippen MR) is 81.5 cm³/mol. The number of benzene rings is 1. The lowest BCUT2D eigenvalue weighted by molar-refractivity contribution is -0.384. The molecule has 0 aromatic heterocycles. The van der Waals surface area contributed by atoms with Crippen molar-refractivity contribution in [2.24, 2.45) is 11.8 Å². The molecule has 1 aliphatic rings. The topological polar surface area (TPSA) is 84.3 Å². The number of amides is 1. The minimum atomic E-state index is -0.491. The fraction of sp³-hybridized carbons (Fsp3) is 0.533.